The van der Waals surface area contributed by atoms with E-state index in [2.05, 4.69) is 5.32 Å². The third-order valence-corrected chi connectivity index (χ3v) is 5.97. The van der Waals surface area contributed by atoms with Crippen LogP contribution in [0.4, 0.5) is 10.5 Å². The molecule has 2 aromatic carbocycles. The van der Waals surface area contributed by atoms with Gasteiger partial charge >= 0.3 is 5.97 Å². The molecule has 1 fully saturated rings. The van der Waals surface area contributed by atoms with Crippen molar-refractivity contribution in [2.45, 2.75) is 19.8 Å². The average Bonchev–Trinajstić information content (AvgIpc) is 3.08. The number of thioether (sulfide) groups is 1. The molecule has 1 N–H and O–H groups in total. The van der Waals surface area contributed by atoms with Crippen molar-refractivity contribution in [1.29, 1.82) is 0 Å². The van der Waals surface area contributed by atoms with Gasteiger partial charge in [0.05, 0.1) is 22.1 Å². The molecule has 34 heavy (non-hydrogen) atoms. The molecule has 0 spiro atoms. The molecule has 3 amide bonds. The van der Waals surface area contributed by atoms with Crippen LogP contribution in [-0.4, -0.2) is 41.1 Å². The van der Waals surface area contributed by atoms with Gasteiger partial charge in [-0.1, -0.05) is 67.4 Å². The number of carbonyl (C=O) groups is 4. The lowest BCUT2D eigenvalue weighted by molar-refractivity contribution is -0.127. The molecule has 176 valence electrons. The summed E-state index contributed by atoms with van der Waals surface area (Å²) >= 11 is 6.86. The molecule has 0 saturated carbocycles. The fraction of sp³-hybridized carbons (Fsp3) is 0.200. The number of rotatable bonds is 9. The first-order valence-electron chi connectivity index (χ1n) is 10.6. The molecule has 7 nitrogen and oxygen atoms in total. The van der Waals surface area contributed by atoms with Gasteiger partial charge in [-0.05, 0) is 48.0 Å². The Hall–Kier alpha value is -3.36. The fourth-order valence-corrected chi connectivity index (χ4v) is 3.94. The molecule has 0 atom stereocenters. The normalized spacial score (nSPS) is 14.8. The van der Waals surface area contributed by atoms with Crippen molar-refractivity contribution in [1.82, 2.24) is 4.90 Å². The van der Waals surface area contributed by atoms with E-state index in [9.17, 15) is 19.2 Å². The van der Waals surface area contributed by atoms with Crippen LogP contribution >= 0.6 is 23.4 Å². The zero-order valence-electron chi connectivity index (χ0n) is 18.5. The minimum Gasteiger partial charge on any atom is -0.462 e. The molecule has 0 aromatic heterocycles. The molecule has 3 rings (SSSR count). The summed E-state index contributed by atoms with van der Waals surface area (Å²) < 4.78 is 5.17. The number of amides is 3. The summed E-state index contributed by atoms with van der Waals surface area (Å²) in [5.74, 6) is -1.72. The van der Waals surface area contributed by atoms with Crippen LogP contribution in [0, 0.1) is 0 Å². The second-order valence-corrected chi connectivity index (χ2v) is 8.69. The summed E-state index contributed by atoms with van der Waals surface area (Å²) in [5, 5.41) is 2.25. The van der Waals surface area contributed by atoms with E-state index < -0.39 is 29.6 Å². The van der Waals surface area contributed by atoms with Gasteiger partial charge in [-0.2, -0.15) is 0 Å². The van der Waals surface area contributed by atoms with Crippen molar-refractivity contribution < 1.29 is 23.9 Å². The van der Waals surface area contributed by atoms with E-state index >= 15 is 0 Å². The number of benzene rings is 2. The lowest BCUT2D eigenvalue weighted by atomic mass is 10.2. The van der Waals surface area contributed by atoms with E-state index in [1.807, 2.05) is 43.3 Å². The molecule has 1 saturated heterocycles. The maximum atomic E-state index is 12.6. The molecule has 0 radical (unpaired) electrons. The molecule has 0 unspecified atom stereocenters. The van der Waals surface area contributed by atoms with Crippen LogP contribution in [0.5, 0.6) is 0 Å². The quantitative estimate of drug-likeness (QED) is 0.277. The van der Waals surface area contributed by atoms with Gasteiger partial charge < -0.3 is 10.1 Å². The molecule has 0 bridgehead atoms. The number of esters is 1. The van der Waals surface area contributed by atoms with E-state index in [1.165, 1.54) is 18.2 Å². The first-order valence-corrected chi connectivity index (χ1v) is 11.8. The van der Waals surface area contributed by atoms with Crippen LogP contribution in [0.3, 0.4) is 0 Å². The van der Waals surface area contributed by atoms with Crippen molar-refractivity contribution >= 4 is 58.1 Å². The van der Waals surface area contributed by atoms with Crippen LogP contribution in [0.25, 0.3) is 6.08 Å². The van der Waals surface area contributed by atoms with Crippen molar-refractivity contribution in [3.63, 3.8) is 0 Å². The number of hydrogen-bond donors (Lipinski definition) is 1. The van der Waals surface area contributed by atoms with E-state index in [0.717, 1.165) is 35.1 Å². The Kier molecular flexibility index (Phi) is 9.07. The Labute approximate surface area is 206 Å². The zero-order valence-corrected chi connectivity index (χ0v) is 20.0. The van der Waals surface area contributed by atoms with Crippen LogP contribution in [0.2, 0.25) is 5.02 Å². The Morgan fingerprint density at radius 1 is 1.15 bits per heavy atom. The highest BCUT2D eigenvalue weighted by molar-refractivity contribution is 8.18. The highest BCUT2D eigenvalue weighted by Crippen LogP contribution is 2.30. The minimum absolute atomic E-state index is 0.120. The molecular formula is C25H23ClN2O5S. The van der Waals surface area contributed by atoms with E-state index in [4.69, 9.17) is 16.3 Å². The molecule has 0 aliphatic carbocycles. The van der Waals surface area contributed by atoms with Crippen LogP contribution in [0.15, 0.2) is 65.6 Å². The topological polar surface area (TPSA) is 92.8 Å². The minimum atomic E-state index is -0.589. The standard InChI is InChI=1S/C25H23ClN2O5S/c1-2-3-14-33-24(31)19-15-18(12-13-20(19)26)27-22(29)16-28-23(30)21(34-25(28)32)11-7-10-17-8-5-4-6-9-17/h4-13,15H,2-3,14,16H2,1H3,(H,27,29)/b10-7-,21-11+. The predicted molar refractivity (Wildman–Crippen MR) is 134 cm³/mol. The second kappa shape index (κ2) is 12.2. The number of hydrogen-bond acceptors (Lipinski definition) is 6. The van der Waals surface area contributed by atoms with Gasteiger partial charge in [-0.25, -0.2) is 4.79 Å². The summed E-state index contributed by atoms with van der Waals surface area (Å²) in [7, 11) is 0. The Morgan fingerprint density at radius 3 is 2.65 bits per heavy atom. The largest absolute Gasteiger partial charge is 0.462 e. The van der Waals surface area contributed by atoms with Gasteiger partial charge in [0.25, 0.3) is 11.1 Å². The molecule has 2 aromatic rings. The van der Waals surface area contributed by atoms with Gasteiger partial charge in [0.2, 0.25) is 5.91 Å². The van der Waals surface area contributed by atoms with Gasteiger partial charge in [0.15, 0.2) is 0 Å². The Bertz CT molecular complexity index is 1150. The molecular weight excluding hydrogens is 476 g/mol. The highest BCUT2D eigenvalue weighted by Gasteiger charge is 2.36. The lowest BCUT2D eigenvalue weighted by Gasteiger charge is -2.13. The molecule has 9 heteroatoms. The van der Waals surface area contributed by atoms with Crippen LogP contribution in [-0.2, 0) is 14.3 Å². The van der Waals surface area contributed by atoms with Crippen molar-refractivity contribution in [2.75, 3.05) is 18.5 Å². The highest BCUT2D eigenvalue weighted by atomic mass is 35.5. The molecule has 1 heterocycles. The number of unbranched alkanes of at least 4 members (excludes halogenated alkanes) is 1. The number of nitrogens with zero attached hydrogens (tertiary/aromatic N) is 1. The molecule has 1 aliphatic heterocycles. The average molecular weight is 499 g/mol. The number of nitrogens with one attached hydrogen (secondary N) is 1. The smallest absolute Gasteiger partial charge is 0.339 e. The number of imide groups is 1. The monoisotopic (exact) mass is 498 g/mol. The second-order valence-electron chi connectivity index (χ2n) is 7.29. The third kappa shape index (κ3) is 6.82. The maximum absolute atomic E-state index is 12.6. The molecule has 1 aliphatic rings. The van der Waals surface area contributed by atoms with E-state index in [0.29, 0.717) is 5.69 Å². The lowest BCUT2D eigenvalue weighted by Crippen LogP contribution is -2.36. The van der Waals surface area contributed by atoms with Gasteiger partial charge in [0, 0.05) is 5.69 Å². The summed E-state index contributed by atoms with van der Waals surface area (Å²) in [6.07, 6.45) is 6.65. The third-order valence-electron chi connectivity index (χ3n) is 4.71. The maximum Gasteiger partial charge on any atom is 0.339 e. The van der Waals surface area contributed by atoms with Crippen LogP contribution < -0.4 is 5.32 Å². The van der Waals surface area contributed by atoms with Crippen molar-refractivity contribution in [2.24, 2.45) is 0 Å². The summed E-state index contributed by atoms with van der Waals surface area (Å²) in [5.41, 5.74) is 1.37. The number of carbonyl (C=O) groups excluding carboxylic acids is 4. The zero-order chi connectivity index (χ0) is 24.5. The summed E-state index contributed by atoms with van der Waals surface area (Å²) in [6.45, 7) is 1.80. The number of halogens is 1. The number of anilines is 1. The predicted octanol–water partition coefficient (Wildman–Crippen LogP) is 5.53. The number of ether oxygens (including phenoxy) is 1. The first kappa shape index (κ1) is 25.3. The van der Waals surface area contributed by atoms with Crippen LogP contribution in [0.1, 0.15) is 35.7 Å². The summed E-state index contributed by atoms with van der Waals surface area (Å²) in [4.78, 5) is 50.7. The van der Waals surface area contributed by atoms with Gasteiger partial charge in [-0.15, -0.1) is 0 Å². The van der Waals surface area contributed by atoms with Crippen molar-refractivity contribution in [3.05, 3.63) is 81.7 Å². The fourth-order valence-electron chi connectivity index (χ4n) is 2.95. The van der Waals surface area contributed by atoms with Gasteiger partial charge in [0.1, 0.15) is 6.54 Å². The van der Waals surface area contributed by atoms with Gasteiger partial charge in [-0.3, -0.25) is 19.3 Å². The van der Waals surface area contributed by atoms with E-state index in [1.54, 1.807) is 12.2 Å². The van der Waals surface area contributed by atoms with E-state index in [-0.39, 0.29) is 22.1 Å². The Balaban J connectivity index is 1.61. The van der Waals surface area contributed by atoms with Crippen molar-refractivity contribution in [3.8, 4) is 0 Å². The summed E-state index contributed by atoms with van der Waals surface area (Å²) in [6, 6.07) is 13.9. The number of allylic oxidation sites excluding steroid dienone is 2. The Morgan fingerprint density at radius 2 is 1.91 bits per heavy atom. The SMILES string of the molecule is CCCCOC(=O)c1cc(NC(=O)CN2C(=O)S/C(=C/C=C\c3ccccc3)C2=O)ccc1Cl. The first-order chi connectivity index (χ1) is 16.4.